The van der Waals surface area contributed by atoms with Gasteiger partial charge in [0.05, 0.1) is 69.5 Å². The minimum atomic E-state index is -0.998. The van der Waals surface area contributed by atoms with Gasteiger partial charge in [-0.3, -0.25) is 43.8 Å². The lowest BCUT2D eigenvalue weighted by Crippen LogP contribution is -2.53. The van der Waals surface area contributed by atoms with E-state index < -0.39 is 58.3 Å². The first-order valence-electron chi connectivity index (χ1n) is 26.3. The number of imide groups is 1. The maximum absolute atomic E-state index is 16.3. The highest BCUT2D eigenvalue weighted by Gasteiger charge is 2.30. The van der Waals surface area contributed by atoms with E-state index in [0.29, 0.717) is 47.7 Å². The molecule has 4 aromatic rings. The van der Waals surface area contributed by atoms with E-state index in [2.05, 4.69) is 42.1 Å². The molecule has 2 atom stereocenters. The van der Waals surface area contributed by atoms with E-state index in [1.54, 1.807) is 49.7 Å². The SMILES string of the molecule is CC(C)[C@H](NC(=O)CCOCCOCCOCCOCCNC(=O)CCN1C(=O)C=CC1=O)C(=O)N[C@@H](C)C(=O)Nc1ccc(C[n+]2cc(C3CCCCC3)cc(F)c2NC(=O)c2cc([N+](=O)[O-])ccc2Sc2nnnn2C)cc1. The highest BCUT2D eigenvalue weighted by atomic mass is 32.2. The summed E-state index contributed by atoms with van der Waals surface area (Å²) in [7, 11) is 1.60. The molecule has 2 aromatic heterocycles. The number of pyridine rings is 1. The molecule has 0 spiro atoms. The average molecular weight is 1130 g/mol. The van der Waals surface area contributed by atoms with E-state index in [1.807, 2.05) is 6.20 Å². The molecule has 2 aliphatic rings. The number of tetrazole rings is 1. The number of anilines is 2. The number of amides is 7. The summed E-state index contributed by atoms with van der Waals surface area (Å²) in [4.78, 5) is 101. The Balaban J connectivity index is 0.903. The molecular weight excluding hydrogens is 1060 g/mol. The van der Waals surface area contributed by atoms with Gasteiger partial charge < -0.3 is 40.2 Å². The zero-order valence-corrected chi connectivity index (χ0v) is 45.9. The van der Waals surface area contributed by atoms with Crippen molar-refractivity contribution >= 4 is 70.3 Å². The van der Waals surface area contributed by atoms with Gasteiger partial charge >= 0.3 is 11.7 Å². The van der Waals surface area contributed by atoms with Crippen LogP contribution in [0.4, 0.5) is 21.6 Å². The maximum Gasteiger partial charge on any atom is 0.340 e. The highest BCUT2D eigenvalue weighted by Crippen LogP contribution is 2.34. The lowest BCUT2D eigenvalue weighted by molar-refractivity contribution is -0.675. The van der Waals surface area contributed by atoms with Crippen molar-refractivity contribution in [2.75, 3.05) is 76.6 Å². The second-order valence-corrected chi connectivity index (χ2v) is 20.2. The van der Waals surface area contributed by atoms with Gasteiger partial charge in [0, 0.05) is 67.8 Å². The number of non-ortho nitro benzene ring substituents is 1. The van der Waals surface area contributed by atoms with Crippen molar-refractivity contribution in [3.63, 3.8) is 0 Å². The molecule has 1 saturated carbocycles. The highest BCUT2D eigenvalue weighted by molar-refractivity contribution is 7.99. The van der Waals surface area contributed by atoms with Gasteiger partial charge in [0.25, 0.3) is 17.5 Å². The third-order valence-electron chi connectivity index (χ3n) is 12.8. The number of aryl methyl sites for hydroxylation is 1. The third kappa shape index (κ3) is 19.1. The van der Waals surface area contributed by atoms with Crippen LogP contribution < -0.4 is 31.2 Å². The number of nitro benzene ring substituents is 1. The molecule has 2 aromatic carbocycles. The fourth-order valence-corrected chi connectivity index (χ4v) is 9.30. The Morgan fingerprint density at radius 1 is 0.812 bits per heavy atom. The number of benzene rings is 2. The fraction of sp³-hybridized carbons (Fsp3) is 0.491. The van der Waals surface area contributed by atoms with Gasteiger partial charge in [-0.2, -0.15) is 4.39 Å². The lowest BCUT2D eigenvalue weighted by atomic mass is 9.85. The summed E-state index contributed by atoms with van der Waals surface area (Å²) in [5.74, 6) is -4.49. The molecule has 430 valence electrons. The predicted molar refractivity (Wildman–Crippen MR) is 286 cm³/mol. The van der Waals surface area contributed by atoms with Crippen LogP contribution in [0, 0.1) is 21.8 Å². The van der Waals surface area contributed by atoms with Crippen molar-refractivity contribution in [2.24, 2.45) is 13.0 Å². The van der Waals surface area contributed by atoms with Crippen molar-refractivity contribution < 1.29 is 66.4 Å². The summed E-state index contributed by atoms with van der Waals surface area (Å²) in [5, 5.41) is 37.0. The first-order chi connectivity index (χ1) is 38.5. The number of rotatable bonds is 32. The van der Waals surface area contributed by atoms with Crippen LogP contribution in [-0.2, 0) is 61.3 Å². The second kappa shape index (κ2) is 31.3. The molecule has 0 unspecified atom stereocenters. The van der Waals surface area contributed by atoms with Crippen molar-refractivity contribution in [3.8, 4) is 0 Å². The van der Waals surface area contributed by atoms with E-state index in [-0.39, 0.29) is 93.7 Å². The molecule has 0 radical (unpaired) electrons. The number of nitro groups is 1. The molecule has 27 heteroatoms. The molecule has 5 N–H and O–H groups in total. The number of carbonyl (C=O) groups excluding carboxylic acids is 7. The molecule has 0 saturated heterocycles. The molecule has 1 aliphatic heterocycles. The van der Waals surface area contributed by atoms with E-state index in [4.69, 9.17) is 18.9 Å². The van der Waals surface area contributed by atoms with Crippen molar-refractivity contribution in [3.05, 3.63) is 99.5 Å². The fourth-order valence-electron chi connectivity index (χ4n) is 8.46. The summed E-state index contributed by atoms with van der Waals surface area (Å²) in [6.07, 6.45) is 9.01. The monoisotopic (exact) mass is 1130 g/mol. The Kier molecular flexibility index (Phi) is 24.1. The van der Waals surface area contributed by atoms with Crippen LogP contribution in [0.3, 0.4) is 0 Å². The van der Waals surface area contributed by atoms with Crippen LogP contribution in [0.5, 0.6) is 0 Å². The summed E-state index contributed by atoms with van der Waals surface area (Å²) < 4.78 is 41.2. The Morgan fingerprint density at radius 3 is 2.09 bits per heavy atom. The molecule has 3 heterocycles. The largest absolute Gasteiger partial charge is 0.379 e. The normalized spacial score (nSPS) is 14.2. The van der Waals surface area contributed by atoms with Crippen LogP contribution >= 0.6 is 11.8 Å². The van der Waals surface area contributed by atoms with Gasteiger partial charge in [-0.1, -0.05) is 45.2 Å². The van der Waals surface area contributed by atoms with Gasteiger partial charge in [0.2, 0.25) is 34.6 Å². The lowest BCUT2D eigenvalue weighted by Gasteiger charge is -2.24. The quantitative estimate of drug-likeness (QED) is 0.0154. The number of nitrogens with zero attached hydrogens (tertiary/aromatic N) is 7. The first-order valence-corrected chi connectivity index (χ1v) is 27.1. The zero-order valence-electron chi connectivity index (χ0n) is 45.1. The topological polar surface area (TPSA) is 310 Å². The van der Waals surface area contributed by atoms with Crippen LogP contribution in [0.15, 0.2) is 76.9 Å². The van der Waals surface area contributed by atoms with Crippen molar-refractivity contribution in [2.45, 2.75) is 100 Å². The first kappa shape index (κ1) is 61.6. The Morgan fingerprint density at radius 2 is 1.46 bits per heavy atom. The molecule has 80 heavy (non-hydrogen) atoms. The number of hydrogen-bond donors (Lipinski definition) is 5. The smallest absolute Gasteiger partial charge is 0.340 e. The molecule has 6 rings (SSSR count). The molecule has 1 fully saturated rings. The van der Waals surface area contributed by atoms with Crippen LogP contribution in [-0.4, -0.2) is 149 Å². The van der Waals surface area contributed by atoms with Gasteiger partial charge in [-0.05, 0) is 89.2 Å². The molecule has 1 aliphatic carbocycles. The number of carbonyl (C=O) groups is 7. The summed E-state index contributed by atoms with van der Waals surface area (Å²) in [6, 6.07) is 10.0. The average Bonchev–Trinajstić information content (AvgIpc) is 4.02. The van der Waals surface area contributed by atoms with Gasteiger partial charge in [-0.25, -0.2) is 19.4 Å². The minimum Gasteiger partial charge on any atom is -0.379 e. The third-order valence-corrected chi connectivity index (χ3v) is 13.9. The van der Waals surface area contributed by atoms with Gasteiger partial charge in [0.15, 0.2) is 0 Å². The maximum atomic E-state index is 16.3. The standard InChI is InChI=1S/C53H67FN12O13S/c1-34(2)48(58-45(68)19-22-76-24-26-78-28-29-79-27-25-77-23-20-55-44(67)18-21-65-46(69)16-17-47(65)70)52(73)56-35(3)50(71)57-39-12-10-36(11-13-39)32-64-33-38(37-8-6-5-7-9-37)30-42(54)49(64)59-51(72)41-31-40(66(74)75)14-15-43(41)80-53-60-61-62-63(53)4/h10-17,30-31,33-35,37,48H,5-9,18-29,32H2,1-4H3,(H4,55,56,57,58,67,68,71,73)/p+1/t35-,48-/m0/s1. The van der Waals surface area contributed by atoms with Crippen LogP contribution in [0.2, 0.25) is 0 Å². The van der Waals surface area contributed by atoms with Gasteiger partial charge in [0.1, 0.15) is 18.6 Å². The number of nitrogens with one attached hydrogen (secondary N) is 5. The number of ether oxygens (including phenoxy) is 4. The minimum absolute atomic E-state index is 0.00290. The number of aromatic nitrogens is 5. The van der Waals surface area contributed by atoms with Gasteiger partial charge in [-0.15, -0.1) is 5.10 Å². The van der Waals surface area contributed by atoms with Crippen molar-refractivity contribution in [1.82, 2.24) is 41.1 Å². The summed E-state index contributed by atoms with van der Waals surface area (Å²) in [5.41, 5.74) is 1.45. The Labute approximate surface area is 465 Å². The molecule has 0 bridgehead atoms. The molecular formula is C53H68FN12O13S+. The molecule has 7 amide bonds. The Hall–Kier alpha value is -7.59. The van der Waals surface area contributed by atoms with E-state index in [0.717, 1.165) is 60.4 Å². The summed E-state index contributed by atoms with van der Waals surface area (Å²) in [6.45, 7) is 7.48. The van der Waals surface area contributed by atoms with Crippen LogP contribution in [0.1, 0.15) is 93.1 Å². The number of halogens is 1. The van der Waals surface area contributed by atoms with E-state index >= 15 is 4.39 Å². The van der Waals surface area contributed by atoms with Crippen molar-refractivity contribution in [1.29, 1.82) is 0 Å². The van der Waals surface area contributed by atoms with E-state index in [9.17, 15) is 43.7 Å². The summed E-state index contributed by atoms with van der Waals surface area (Å²) >= 11 is 1.02. The number of hydrogen-bond acceptors (Lipinski definition) is 17. The zero-order chi connectivity index (χ0) is 57.6. The van der Waals surface area contributed by atoms with E-state index in [1.165, 1.54) is 42.0 Å². The second-order valence-electron chi connectivity index (χ2n) is 19.2. The predicted octanol–water partition coefficient (Wildman–Crippen LogP) is 3.52. The Bertz CT molecular complexity index is 2830. The molecule has 25 nitrogen and oxygen atoms in total. The van der Waals surface area contributed by atoms with Crippen LogP contribution in [0.25, 0.3) is 0 Å².